The first-order chi connectivity index (χ1) is 6.84. The number of nitrogens with two attached hydrogens (primary N) is 1. The first-order valence-corrected chi connectivity index (χ1v) is 4.03. The molecule has 0 fully saturated rings. The summed E-state index contributed by atoms with van der Waals surface area (Å²) in [5, 5.41) is 0. The normalized spacial score (nSPS) is 11.2. The van der Waals surface area contributed by atoms with Gasteiger partial charge in [-0.05, 0) is 12.1 Å². The molecule has 0 bridgehead atoms. The molecule has 0 atom stereocenters. The molecule has 1 amide bonds. The van der Waals surface area contributed by atoms with Crippen molar-refractivity contribution in [2.24, 2.45) is 0 Å². The number of hydrogen-bond donors (Lipinski definition) is 1. The predicted molar refractivity (Wildman–Crippen MR) is 50.3 cm³/mol. The van der Waals surface area contributed by atoms with Crippen molar-refractivity contribution in [3.05, 3.63) is 24.3 Å². The molecule has 0 heterocycles. The number of carbonyl (C=O) groups excluding carboxylic acids is 1. The van der Waals surface area contributed by atoms with E-state index in [0.717, 1.165) is 7.05 Å². The van der Waals surface area contributed by atoms with Crippen LogP contribution in [0.3, 0.4) is 0 Å². The van der Waals surface area contributed by atoms with E-state index in [-0.39, 0.29) is 11.4 Å². The van der Waals surface area contributed by atoms with Crippen molar-refractivity contribution in [1.29, 1.82) is 0 Å². The summed E-state index contributed by atoms with van der Waals surface area (Å²) in [6.07, 6.45) is -4.89. The smallest absolute Gasteiger partial charge is 0.397 e. The Morgan fingerprint density at radius 3 is 2.33 bits per heavy atom. The van der Waals surface area contributed by atoms with Crippen molar-refractivity contribution in [3.63, 3.8) is 0 Å². The average molecular weight is 218 g/mol. The van der Waals surface area contributed by atoms with Crippen LogP contribution in [0.1, 0.15) is 0 Å². The van der Waals surface area contributed by atoms with Crippen LogP contribution >= 0.6 is 0 Å². The molecule has 1 rings (SSSR count). The summed E-state index contributed by atoms with van der Waals surface area (Å²) in [4.78, 5) is 11.3. The Morgan fingerprint density at radius 1 is 1.33 bits per heavy atom. The summed E-state index contributed by atoms with van der Waals surface area (Å²) >= 11 is 0. The van der Waals surface area contributed by atoms with Gasteiger partial charge in [-0.25, -0.2) is 0 Å². The number of alkyl halides is 3. The van der Waals surface area contributed by atoms with Gasteiger partial charge in [-0.2, -0.15) is 13.2 Å². The van der Waals surface area contributed by atoms with Gasteiger partial charge in [-0.3, -0.25) is 4.79 Å². The van der Waals surface area contributed by atoms with Crippen molar-refractivity contribution in [1.82, 2.24) is 0 Å². The van der Waals surface area contributed by atoms with Crippen LogP contribution in [0, 0.1) is 0 Å². The van der Waals surface area contributed by atoms with Crippen LogP contribution in [0.2, 0.25) is 0 Å². The van der Waals surface area contributed by atoms with E-state index in [1.54, 1.807) is 6.07 Å². The van der Waals surface area contributed by atoms with Gasteiger partial charge < -0.3 is 10.6 Å². The lowest BCUT2D eigenvalue weighted by Gasteiger charge is -2.20. The highest BCUT2D eigenvalue weighted by Crippen LogP contribution is 2.26. The Morgan fingerprint density at radius 2 is 1.87 bits per heavy atom. The largest absolute Gasteiger partial charge is 0.471 e. The van der Waals surface area contributed by atoms with Gasteiger partial charge in [0.2, 0.25) is 0 Å². The third-order valence-corrected chi connectivity index (χ3v) is 1.85. The molecule has 1 aromatic carbocycles. The molecule has 15 heavy (non-hydrogen) atoms. The van der Waals surface area contributed by atoms with E-state index >= 15 is 0 Å². The molecule has 6 heteroatoms. The topological polar surface area (TPSA) is 46.3 Å². The first kappa shape index (κ1) is 11.4. The van der Waals surface area contributed by atoms with Crippen LogP contribution in [0.25, 0.3) is 0 Å². The summed E-state index contributed by atoms with van der Waals surface area (Å²) < 4.78 is 36.3. The number of nitrogen functional groups attached to an aromatic ring is 1. The number of para-hydroxylation sites is 2. The molecule has 0 aliphatic carbocycles. The highest BCUT2D eigenvalue weighted by molar-refractivity contribution is 5.99. The minimum atomic E-state index is -4.89. The van der Waals surface area contributed by atoms with Crippen molar-refractivity contribution in [2.75, 3.05) is 17.7 Å². The Kier molecular flexibility index (Phi) is 2.88. The number of nitrogens with zero attached hydrogens (tertiary/aromatic N) is 1. The van der Waals surface area contributed by atoms with Crippen LogP contribution in [0.4, 0.5) is 24.5 Å². The number of anilines is 2. The fourth-order valence-corrected chi connectivity index (χ4v) is 1.09. The molecule has 0 unspecified atom stereocenters. The van der Waals surface area contributed by atoms with Gasteiger partial charge >= 0.3 is 12.1 Å². The summed E-state index contributed by atoms with van der Waals surface area (Å²) in [7, 11) is 1.03. The molecule has 0 radical (unpaired) electrons. The molecule has 0 saturated heterocycles. The lowest BCUT2D eigenvalue weighted by atomic mass is 10.2. The maximum atomic E-state index is 12.1. The van der Waals surface area contributed by atoms with E-state index < -0.39 is 12.1 Å². The van der Waals surface area contributed by atoms with Gasteiger partial charge in [0.1, 0.15) is 0 Å². The maximum absolute atomic E-state index is 12.1. The Balaban J connectivity index is 3.01. The second kappa shape index (κ2) is 3.80. The van der Waals surface area contributed by atoms with Gasteiger partial charge in [0.25, 0.3) is 0 Å². The minimum Gasteiger partial charge on any atom is -0.397 e. The molecule has 3 nitrogen and oxygen atoms in total. The van der Waals surface area contributed by atoms with Gasteiger partial charge in [0.05, 0.1) is 11.4 Å². The van der Waals surface area contributed by atoms with Gasteiger partial charge in [0.15, 0.2) is 0 Å². The number of benzene rings is 1. The van der Waals surface area contributed by atoms with Crippen LogP contribution in [0.5, 0.6) is 0 Å². The first-order valence-electron chi connectivity index (χ1n) is 4.03. The van der Waals surface area contributed by atoms with E-state index in [4.69, 9.17) is 5.73 Å². The molecule has 82 valence electrons. The van der Waals surface area contributed by atoms with Crippen LogP contribution in [-0.4, -0.2) is 19.1 Å². The summed E-state index contributed by atoms with van der Waals surface area (Å²) in [5.74, 6) is -1.94. The second-order valence-electron chi connectivity index (χ2n) is 2.92. The molecular weight excluding hydrogens is 209 g/mol. The van der Waals surface area contributed by atoms with E-state index in [0.29, 0.717) is 4.90 Å². The zero-order valence-electron chi connectivity index (χ0n) is 7.88. The van der Waals surface area contributed by atoms with Crippen LogP contribution in [0.15, 0.2) is 24.3 Å². The highest BCUT2D eigenvalue weighted by Gasteiger charge is 2.41. The molecule has 0 aromatic heterocycles. The fourth-order valence-electron chi connectivity index (χ4n) is 1.09. The molecular formula is C9H9F3N2O. The van der Waals surface area contributed by atoms with E-state index in [2.05, 4.69) is 0 Å². The minimum absolute atomic E-state index is 0.0415. The Bertz CT molecular complexity index is 376. The predicted octanol–water partition coefficient (Wildman–Crippen LogP) is 1.79. The van der Waals surface area contributed by atoms with E-state index in [9.17, 15) is 18.0 Å². The molecule has 0 aliphatic rings. The van der Waals surface area contributed by atoms with Gasteiger partial charge in [0, 0.05) is 7.05 Å². The summed E-state index contributed by atoms with van der Waals surface area (Å²) in [6.45, 7) is 0. The number of halogens is 3. The molecule has 0 spiro atoms. The lowest BCUT2D eigenvalue weighted by molar-refractivity contribution is -0.170. The summed E-state index contributed by atoms with van der Waals surface area (Å²) in [6, 6.07) is 5.85. The van der Waals surface area contributed by atoms with Gasteiger partial charge in [-0.1, -0.05) is 12.1 Å². The molecule has 0 aliphatic heterocycles. The van der Waals surface area contributed by atoms with E-state index in [1.807, 2.05) is 0 Å². The SMILES string of the molecule is CN(C(=O)C(F)(F)F)c1ccccc1N. The van der Waals surface area contributed by atoms with Crippen LogP contribution < -0.4 is 10.6 Å². The number of carbonyl (C=O) groups is 1. The fraction of sp³-hybridized carbons (Fsp3) is 0.222. The zero-order chi connectivity index (χ0) is 11.6. The van der Waals surface area contributed by atoms with Crippen LogP contribution in [-0.2, 0) is 4.79 Å². The molecule has 0 saturated carbocycles. The third-order valence-electron chi connectivity index (χ3n) is 1.85. The zero-order valence-corrected chi connectivity index (χ0v) is 7.88. The van der Waals surface area contributed by atoms with Crippen molar-refractivity contribution in [3.8, 4) is 0 Å². The monoisotopic (exact) mass is 218 g/mol. The lowest BCUT2D eigenvalue weighted by Crippen LogP contribution is -2.38. The van der Waals surface area contributed by atoms with Crippen molar-refractivity contribution >= 4 is 17.3 Å². The summed E-state index contributed by atoms with van der Waals surface area (Å²) in [5.41, 5.74) is 5.61. The Hall–Kier alpha value is -1.72. The Labute approximate surface area is 84.3 Å². The van der Waals surface area contributed by atoms with Crippen molar-refractivity contribution in [2.45, 2.75) is 6.18 Å². The van der Waals surface area contributed by atoms with E-state index in [1.165, 1.54) is 18.2 Å². The average Bonchev–Trinajstić information content (AvgIpc) is 2.15. The highest BCUT2D eigenvalue weighted by atomic mass is 19.4. The molecule has 1 aromatic rings. The number of amides is 1. The molecule has 2 N–H and O–H groups in total. The second-order valence-corrected chi connectivity index (χ2v) is 2.92. The number of hydrogen-bond acceptors (Lipinski definition) is 2. The third kappa shape index (κ3) is 2.39. The van der Waals surface area contributed by atoms with Gasteiger partial charge in [-0.15, -0.1) is 0 Å². The number of rotatable bonds is 1. The van der Waals surface area contributed by atoms with Crippen molar-refractivity contribution < 1.29 is 18.0 Å². The maximum Gasteiger partial charge on any atom is 0.471 e. The standard InChI is InChI=1S/C9H9F3N2O/c1-14(8(15)9(10,11)12)7-5-3-2-4-6(7)13/h2-5H,13H2,1H3. The quantitative estimate of drug-likeness (QED) is 0.730.